The standard InChI is InChI=1S/C21H32N2O3/c1-15(2)19(23-20(24)17-7-5-4-6-8-17)21(25)22-13-14-26-18-11-9-16(3)10-12-18/h9-12,15,17,19H,4-8,13-14H2,1-3H3,(H,22,25)(H,23,24)/t19-/m0/s1. The Labute approximate surface area is 156 Å². The van der Waals surface area contributed by atoms with E-state index in [0.717, 1.165) is 31.4 Å². The Hall–Kier alpha value is -2.04. The monoisotopic (exact) mass is 360 g/mol. The molecule has 1 atom stereocenters. The van der Waals surface area contributed by atoms with E-state index in [4.69, 9.17) is 4.74 Å². The minimum absolute atomic E-state index is 0.0226. The van der Waals surface area contributed by atoms with Crippen molar-refractivity contribution >= 4 is 11.8 Å². The molecular formula is C21H32N2O3. The Morgan fingerprint density at radius 2 is 1.77 bits per heavy atom. The minimum atomic E-state index is -0.496. The lowest BCUT2D eigenvalue weighted by Crippen LogP contribution is -2.51. The second kappa shape index (κ2) is 10.2. The van der Waals surface area contributed by atoms with Crippen molar-refractivity contribution < 1.29 is 14.3 Å². The molecule has 1 aliphatic carbocycles. The van der Waals surface area contributed by atoms with Crippen molar-refractivity contribution in [2.24, 2.45) is 11.8 Å². The predicted molar refractivity (Wildman–Crippen MR) is 103 cm³/mol. The van der Waals surface area contributed by atoms with Gasteiger partial charge in [-0.05, 0) is 37.8 Å². The van der Waals surface area contributed by atoms with Gasteiger partial charge in [0.05, 0.1) is 6.54 Å². The van der Waals surface area contributed by atoms with Gasteiger partial charge in [0, 0.05) is 5.92 Å². The topological polar surface area (TPSA) is 67.4 Å². The summed E-state index contributed by atoms with van der Waals surface area (Å²) >= 11 is 0. The quantitative estimate of drug-likeness (QED) is 0.700. The second-order valence-corrected chi connectivity index (χ2v) is 7.52. The van der Waals surface area contributed by atoms with Gasteiger partial charge in [-0.2, -0.15) is 0 Å². The first-order chi connectivity index (χ1) is 12.5. The molecule has 144 valence electrons. The number of aryl methyl sites for hydroxylation is 1. The van der Waals surface area contributed by atoms with Crippen LogP contribution in [0.3, 0.4) is 0 Å². The van der Waals surface area contributed by atoms with Gasteiger partial charge in [-0.25, -0.2) is 0 Å². The Bertz CT molecular complexity index is 577. The third-order valence-corrected chi connectivity index (χ3v) is 4.91. The fraction of sp³-hybridized carbons (Fsp3) is 0.619. The third kappa shape index (κ3) is 6.36. The van der Waals surface area contributed by atoms with Gasteiger partial charge in [0.15, 0.2) is 0 Å². The average molecular weight is 360 g/mol. The lowest BCUT2D eigenvalue weighted by atomic mass is 9.88. The summed E-state index contributed by atoms with van der Waals surface area (Å²) in [6, 6.07) is 7.31. The van der Waals surface area contributed by atoms with Gasteiger partial charge in [0.1, 0.15) is 18.4 Å². The van der Waals surface area contributed by atoms with Crippen LogP contribution >= 0.6 is 0 Å². The first-order valence-corrected chi connectivity index (χ1v) is 9.75. The van der Waals surface area contributed by atoms with E-state index in [1.165, 1.54) is 12.0 Å². The molecule has 0 bridgehead atoms. The molecule has 26 heavy (non-hydrogen) atoms. The van der Waals surface area contributed by atoms with E-state index in [2.05, 4.69) is 10.6 Å². The van der Waals surface area contributed by atoms with Crippen molar-refractivity contribution in [2.75, 3.05) is 13.2 Å². The Morgan fingerprint density at radius 1 is 1.12 bits per heavy atom. The highest BCUT2D eigenvalue weighted by molar-refractivity contribution is 5.88. The number of nitrogens with one attached hydrogen (secondary N) is 2. The van der Waals surface area contributed by atoms with Crippen LogP contribution in [0.2, 0.25) is 0 Å². The number of amides is 2. The Balaban J connectivity index is 1.76. The van der Waals surface area contributed by atoms with Crippen molar-refractivity contribution in [2.45, 2.75) is 58.9 Å². The molecule has 1 fully saturated rings. The lowest BCUT2D eigenvalue weighted by Gasteiger charge is -2.26. The number of benzene rings is 1. The Kier molecular flexibility index (Phi) is 7.95. The van der Waals surface area contributed by atoms with Gasteiger partial charge in [0.25, 0.3) is 0 Å². The first kappa shape index (κ1) is 20.3. The maximum atomic E-state index is 12.5. The van der Waals surface area contributed by atoms with E-state index in [-0.39, 0.29) is 23.7 Å². The highest BCUT2D eigenvalue weighted by Gasteiger charge is 2.28. The third-order valence-electron chi connectivity index (χ3n) is 4.91. The van der Waals surface area contributed by atoms with Crippen LogP contribution in [0.4, 0.5) is 0 Å². The van der Waals surface area contributed by atoms with E-state index in [1.54, 1.807) is 0 Å². The smallest absolute Gasteiger partial charge is 0.242 e. The van der Waals surface area contributed by atoms with Crippen LogP contribution in [0.1, 0.15) is 51.5 Å². The van der Waals surface area contributed by atoms with Crippen molar-refractivity contribution in [3.05, 3.63) is 29.8 Å². The summed E-state index contributed by atoms with van der Waals surface area (Å²) in [5, 5.41) is 5.83. The van der Waals surface area contributed by atoms with Crippen LogP contribution < -0.4 is 15.4 Å². The fourth-order valence-corrected chi connectivity index (χ4v) is 3.26. The number of ether oxygens (including phenoxy) is 1. The first-order valence-electron chi connectivity index (χ1n) is 9.75. The second-order valence-electron chi connectivity index (χ2n) is 7.52. The number of rotatable bonds is 8. The zero-order chi connectivity index (χ0) is 18.9. The molecular weight excluding hydrogens is 328 g/mol. The molecule has 0 aliphatic heterocycles. The van der Waals surface area contributed by atoms with Gasteiger partial charge in [-0.3, -0.25) is 9.59 Å². The van der Waals surface area contributed by atoms with E-state index < -0.39 is 6.04 Å². The van der Waals surface area contributed by atoms with E-state index in [1.807, 2.05) is 45.0 Å². The van der Waals surface area contributed by atoms with Crippen LogP contribution in [0, 0.1) is 18.8 Å². The SMILES string of the molecule is Cc1ccc(OCCNC(=O)[C@@H](NC(=O)C2CCCCC2)C(C)C)cc1. The van der Waals surface area contributed by atoms with Crippen LogP contribution in [0.5, 0.6) is 5.75 Å². The Morgan fingerprint density at radius 3 is 2.38 bits per heavy atom. The highest BCUT2D eigenvalue weighted by atomic mass is 16.5. The fourth-order valence-electron chi connectivity index (χ4n) is 3.26. The zero-order valence-electron chi connectivity index (χ0n) is 16.2. The molecule has 5 heteroatoms. The number of carbonyl (C=O) groups is 2. The summed E-state index contributed by atoms with van der Waals surface area (Å²) in [6.45, 7) is 6.74. The summed E-state index contributed by atoms with van der Waals surface area (Å²) in [7, 11) is 0. The van der Waals surface area contributed by atoms with Gasteiger partial charge in [-0.1, -0.05) is 50.8 Å². The summed E-state index contributed by atoms with van der Waals surface area (Å²) in [5.74, 6) is 0.769. The summed E-state index contributed by atoms with van der Waals surface area (Å²) < 4.78 is 5.63. The van der Waals surface area contributed by atoms with Gasteiger partial charge >= 0.3 is 0 Å². The molecule has 5 nitrogen and oxygen atoms in total. The molecule has 0 unspecified atom stereocenters. The van der Waals surface area contributed by atoms with Crippen LogP contribution in [-0.4, -0.2) is 31.0 Å². The van der Waals surface area contributed by atoms with Gasteiger partial charge < -0.3 is 15.4 Å². The zero-order valence-corrected chi connectivity index (χ0v) is 16.2. The molecule has 0 heterocycles. The molecule has 1 saturated carbocycles. The summed E-state index contributed by atoms with van der Waals surface area (Å²) in [5.41, 5.74) is 1.18. The van der Waals surface area contributed by atoms with E-state index in [0.29, 0.717) is 13.2 Å². The molecule has 1 aliphatic rings. The van der Waals surface area contributed by atoms with Crippen molar-refractivity contribution in [3.63, 3.8) is 0 Å². The molecule has 2 N–H and O–H groups in total. The van der Waals surface area contributed by atoms with Crippen molar-refractivity contribution in [1.29, 1.82) is 0 Å². The molecule has 2 rings (SSSR count). The number of carbonyl (C=O) groups excluding carboxylic acids is 2. The molecule has 1 aromatic carbocycles. The van der Waals surface area contributed by atoms with Crippen LogP contribution in [0.25, 0.3) is 0 Å². The van der Waals surface area contributed by atoms with E-state index >= 15 is 0 Å². The van der Waals surface area contributed by atoms with Gasteiger partial charge in [-0.15, -0.1) is 0 Å². The number of hydrogen-bond donors (Lipinski definition) is 2. The molecule has 0 spiro atoms. The maximum Gasteiger partial charge on any atom is 0.242 e. The molecule has 0 radical (unpaired) electrons. The molecule has 2 amide bonds. The molecule has 1 aromatic rings. The number of hydrogen-bond acceptors (Lipinski definition) is 3. The van der Waals surface area contributed by atoms with Gasteiger partial charge in [0.2, 0.25) is 11.8 Å². The van der Waals surface area contributed by atoms with Crippen molar-refractivity contribution in [1.82, 2.24) is 10.6 Å². The molecule has 0 aromatic heterocycles. The minimum Gasteiger partial charge on any atom is -0.492 e. The predicted octanol–water partition coefficient (Wildman–Crippen LogP) is 3.21. The molecule has 0 saturated heterocycles. The van der Waals surface area contributed by atoms with Crippen LogP contribution in [0.15, 0.2) is 24.3 Å². The highest BCUT2D eigenvalue weighted by Crippen LogP contribution is 2.24. The maximum absolute atomic E-state index is 12.5. The summed E-state index contributed by atoms with van der Waals surface area (Å²) in [4.78, 5) is 24.9. The van der Waals surface area contributed by atoms with Crippen molar-refractivity contribution in [3.8, 4) is 5.75 Å². The van der Waals surface area contributed by atoms with Crippen LogP contribution in [-0.2, 0) is 9.59 Å². The average Bonchev–Trinajstić information content (AvgIpc) is 2.64. The summed E-state index contributed by atoms with van der Waals surface area (Å²) in [6.07, 6.45) is 5.28. The largest absolute Gasteiger partial charge is 0.492 e. The normalized spacial score (nSPS) is 16.2. The van der Waals surface area contributed by atoms with E-state index in [9.17, 15) is 9.59 Å². The lowest BCUT2D eigenvalue weighted by molar-refractivity contribution is -0.132.